The van der Waals surface area contributed by atoms with Gasteiger partial charge in [0.15, 0.2) is 23.2 Å². The summed E-state index contributed by atoms with van der Waals surface area (Å²) in [6, 6.07) is 69.2. The predicted molar refractivity (Wildman–Crippen MR) is 249 cm³/mol. The van der Waals surface area contributed by atoms with E-state index in [1.807, 2.05) is 60.7 Å². The van der Waals surface area contributed by atoms with Crippen LogP contribution in [0.3, 0.4) is 0 Å². The monoisotopic (exact) mass is 788 g/mol. The number of rotatable bonds is 7. The number of fused-ring (bicyclic) bond motifs is 3. The van der Waals surface area contributed by atoms with E-state index in [9.17, 15) is 10.5 Å². The highest BCUT2D eigenvalue weighted by atomic mass is 15.0. The lowest BCUT2D eigenvalue weighted by Gasteiger charge is -2.16. The van der Waals surface area contributed by atoms with Crippen molar-refractivity contribution in [1.82, 2.24) is 15.0 Å². The zero-order chi connectivity index (χ0) is 42.0. The van der Waals surface area contributed by atoms with Gasteiger partial charge in [-0.3, -0.25) is 0 Å². The van der Waals surface area contributed by atoms with Crippen molar-refractivity contribution < 1.29 is 0 Å². The van der Waals surface area contributed by atoms with Crippen LogP contribution in [0.4, 0.5) is 5.69 Å². The summed E-state index contributed by atoms with van der Waals surface area (Å²) in [4.78, 5) is 18.5. The molecule has 10 aromatic rings. The molecule has 1 aromatic heterocycles. The van der Waals surface area contributed by atoms with Gasteiger partial charge in [0.2, 0.25) is 0 Å². The van der Waals surface area contributed by atoms with Crippen LogP contribution in [0.25, 0.3) is 105 Å². The van der Waals surface area contributed by atoms with E-state index in [1.165, 1.54) is 21.5 Å². The van der Waals surface area contributed by atoms with Crippen LogP contribution in [-0.2, 0) is 0 Å². The molecule has 6 heteroatoms. The SMILES string of the molecule is [C-]#[N+]c1cc(-c2ccccc2-c2ccc(-c3nc(-c4ccc(C#N)cc4)nc(-c4ccc(C#N)cc4)n3)cc2)cc(-c2ccccc2-c2ccc3c(ccc4ccccc43)c2)c1. The molecule has 10 rings (SSSR count). The summed E-state index contributed by atoms with van der Waals surface area (Å²) < 4.78 is 0. The molecule has 9 aromatic carbocycles. The third kappa shape index (κ3) is 7.09. The highest BCUT2D eigenvalue weighted by molar-refractivity contribution is 6.08. The normalized spacial score (nSPS) is 10.9. The fourth-order valence-electron chi connectivity index (χ4n) is 8.09. The smallest absolute Gasteiger partial charge is 0.188 e. The molecule has 0 saturated carbocycles. The highest BCUT2D eigenvalue weighted by Gasteiger charge is 2.16. The Kier molecular flexibility index (Phi) is 9.60. The topological polar surface area (TPSA) is 90.6 Å². The van der Waals surface area contributed by atoms with Crippen LogP contribution in [0, 0.1) is 29.2 Å². The van der Waals surface area contributed by atoms with Gasteiger partial charge in [-0.05, 0) is 139 Å². The molecule has 286 valence electrons. The van der Waals surface area contributed by atoms with Crippen LogP contribution in [-0.4, -0.2) is 15.0 Å². The minimum absolute atomic E-state index is 0.472. The Morgan fingerprint density at radius 3 is 1.27 bits per heavy atom. The van der Waals surface area contributed by atoms with Crippen molar-refractivity contribution in [3.05, 3.63) is 217 Å². The molecule has 0 spiro atoms. The first kappa shape index (κ1) is 37.3. The Hall–Kier alpha value is -9.02. The lowest BCUT2D eigenvalue weighted by Crippen LogP contribution is -2.00. The van der Waals surface area contributed by atoms with E-state index in [1.54, 1.807) is 24.3 Å². The first-order chi connectivity index (χ1) is 30.5. The molecule has 0 aliphatic heterocycles. The Labute approximate surface area is 358 Å². The Bertz CT molecular complexity index is 3400. The summed E-state index contributed by atoms with van der Waals surface area (Å²) in [5.74, 6) is 1.44. The van der Waals surface area contributed by atoms with Crippen LogP contribution in [0.1, 0.15) is 11.1 Å². The second-order valence-corrected chi connectivity index (χ2v) is 15.0. The summed E-state index contributed by atoms with van der Waals surface area (Å²) in [6.45, 7) is 8.12. The first-order valence-corrected chi connectivity index (χ1v) is 20.1. The molecular weight excluding hydrogens is 757 g/mol. The molecule has 0 atom stereocenters. The number of aromatic nitrogens is 3. The molecule has 6 nitrogen and oxygen atoms in total. The number of hydrogen-bond acceptors (Lipinski definition) is 5. The van der Waals surface area contributed by atoms with Crippen LogP contribution >= 0.6 is 0 Å². The summed E-state index contributed by atoms with van der Waals surface area (Å²) in [5.41, 5.74) is 12.2. The summed E-state index contributed by atoms with van der Waals surface area (Å²) in [7, 11) is 0. The van der Waals surface area contributed by atoms with Gasteiger partial charge in [0.25, 0.3) is 0 Å². The molecule has 0 amide bonds. The van der Waals surface area contributed by atoms with Crippen molar-refractivity contribution in [2.75, 3.05) is 0 Å². The summed E-state index contributed by atoms with van der Waals surface area (Å²) in [5, 5.41) is 23.6. The van der Waals surface area contributed by atoms with Gasteiger partial charge in [-0.15, -0.1) is 0 Å². The molecule has 0 radical (unpaired) electrons. The molecule has 62 heavy (non-hydrogen) atoms. The minimum atomic E-state index is 0.472. The minimum Gasteiger partial charge on any atom is -0.238 e. The summed E-state index contributed by atoms with van der Waals surface area (Å²) in [6.07, 6.45) is 0. The average molecular weight is 789 g/mol. The largest absolute Gasteiger partial charge is 0.238 e. The van der Waals surface area contributed by atoms with Crippen LogP contribution in [0.15, 0.2) is 194 Å². The van der Waals surface area contributed by atoms with Crippen molar-refractivity contribution in [3.8, 4) is 90.8 Å². The highest BCUT2D eigenvalue weighted by Crippen LogP contribution is 2.41. The van der Waals surface area contributed by atoms with Gasteiger partial charge in [0.05, 0.1) is 29.8 Å². The first-order valence-electron chi connectivity index (χ1n) is 20.1. The van der Waals surface area contributed by atoms with E-state index in [2.05, 4.69) is 126 Å². The van der Waals surface area contributed by atoms with Crippen molar-refractivity contribution in [2.24, 2.45) is 0 Å². The third-order valence-electron chi connectivity index (χ3n) is 11.2. The lowest BCUT2D eigenvalue weighted by atomic mass is 9.89. The average Bonchev–Trinajstić information content (AvgIpc) is 3.36. The number of nitrogens with zero attached hydrogens (tertiary/aromatic N) is 6. The van der Waals surface area contributed by atoms with E-state index in [-0.39, 0.29) is 0 Å². The summed E-state index contributed by atoms with van der Waals surface area (Å²) >= 11 is 0. The quantitative estimate of drug-likeness (QED) is 0.118. The second-order valence-electron chi connectivity index (χ2n) is 15.0. The van der Waals surface area contributed by atoms with Gasteiger partial charge < -0.3 is 0 Å². The van der Waals surface area contributed by atoms with Crippen molar-refractivity contribution >= 4 is 27.2 Å². The third-order valence-corrected chi connectivity index (χ3v) is 11.2. The fraction of sp³-hybridized carbons (Fsp3) is 0. The van der Waals surface area contributed by atoms with Gasteiger partial charge in [0.1, 0.15) is 0 Å². The maximum absolute atomic E-state index is 9.37. The van der Waals surface area contributed by atoms with Crippen molar-refractivity contribution in [1.29, 1.82) is 10.5 Å². The number of nitriles is 2. The van der Waals surface area contributed by atoms with E-state index in [0.29, 0.717) is 34.3 Å². The van der Waals surface area contributed by atoms with Crippen LogP contribution in [0.5, 0.6) is 0 Å². The van der Waals surface area contributed by atoms with E-state index >= 15 is 0 Å². The Balaban J connectivity index is 1.02. The second kappa shape index (κ2) is 16.0. The zero-order valence-corrected chi connectivity index (χ0v) is 33.2. The molecule has 0 aliphatic carbocycles. The maximum Gasteiger partial charge on any atom is 0.188 e. The lowest BCUT2D eigenvalue weighted by molar-refractivity contribution is 1.07. The Morgan fingerprint density at radius 2 is 0.758 bits per heavy atom. The van der Waals surface area contributed by atoms with Crippen molar-refractivity contribution in [3.63, 3.8) is 0 Å². The molecule has 0 N–H and O–H groups in total. The van der Waals surface area contributed by atoms with Crippen molar-refractivity contribution in [2.45, 2.75) is 0 Å². The Morgan fingerprint density at radius 1 is 0.355 bits per heavy atom. The van der Waals surface area contributed by atoms with Gasteiger partial charge in [-0.25, -0.2) is 19.8 Å². The molecule has 0 aliphatic rings. The van der Waals surface area contributed by atoms with E-state index in [4.69, 9.17) is 21.5 Å². The molecule has 0 fully saturated rings. The van der Waals surface area contributed by atoms with Gasteiger partial charge in [-0.1, -0.05) is 121 Å². The standard InChI is InChI=1S/C56H32N6/c1-59-47-32-45(31-46(33-47)52-13-7-5-11-50(52)44-28-29-53-43(30-44)27-24-38-8-2-3-9-48(38)53)51-12-6-4-10-49(51)39-22-25-42(26-23-39)56-61-54(40-18-14-36(34-57)15-19-40)60-55(62-56)41-20-16-37(35-58)17-21-41/h2-33H. The maximum atomic E-state index is 9.37. The zero-order valence-electron chi connectivity index (χ0n) is 33.2. The van der Waals surface area contributed by atoms with Gasteiger partial charge in [-0.2, -0.15) is 10.5 Å². The molecular formula is C56H32N6. The fourth-order valence-corrected chi connectivity index (χ4v) is 8.09. The van der Waals surface area contributed by atoms with E-state index < -0.39 is 0 Å². The predicted octanol–water partition coefficient (Wildman–Crippen LogP) is 14.1. The van der Waals surface area contributed by atoms with Gasteiger partial charge >= 0.3 is 0 Å². The number of hydrogen-bond donors (Lipinski definition) is 0. The van der Waals surface area contributed by atoms with Crippen LogP contribution < -0.4 is 0 Å². The molecule has 1 heterocycles. The van der Waals surface area contributed by atoms with Gasteiger partial charge in [0, 0.05) is 16.7 Å². The molecule has 0 saturated heterocycles. The molecule has 0 unspecified atom stereocenters. The van der Waals surface area contributed by atoms with Crippen LogP contribution in [0.2, 0.25) is 0 Å². The molecule has 0 bridgehead atoms. The number of benzene rings is 9. The van der Waals surface area contributed by atoms with E-state index in [0.717, 1.165) is 61.2 Å².